The van der Waals surface area contributed by atoms with Crippen LogP contribution in [0.25, 0.3) is 10.9 Å². The average Bonchev–Trinajstić information content (AvgIpc) is 3.10. The van der Waals surface area contributed by atoms with Crippen LogP contribution in [0, 0.1) is 11.7 Å². The van der Waals surface area contributed by atoms with Gasteiger partial charge in [-0.05, 0) is 70.6 Å². The molecule has 2 aliphatic heterocycles. The lowest BCUT2D eigenvalue weighted by atomic mass is 9.90. The molecule has 7 heteroatoms. The average molecular weight is 429 g/mol. The van der Waals surface area contributed by atoms with Crippen molar-refractivity contribution >= 4 is 22.7 Å². The fraction of sp³-hybridized carbons (Fsp3) is 0.583. The second-order valence-corrected chi connectivity index (χ2v) is 10.2. The van der Waals surface area contributed by atoms with Gasteiger partial charge in [-0.1, -0.05) is 0 Å². The maximum atomic E-state index is 13.7. The van der Waals surface area contributed by atoms with Crippen LogP contribution in [0.3, 0.4) is 0 Å². The Morgan fingerprint density at radius 3 is 2.48 bits per heavy atom. The fourth-order valence-electron chi connectivity index (χ4n) is 5.31. The SMILES string of the molecule is Cn1cc(C(=O)NCC2CC3CCC(C2)N3CC(=O)NC(C)(C)C)c2cc(F)ccc21. The minimum atomic E-state index is -0.341. The van der Waals surface area contributed by atoms with E-state index in [0.717, 1.165) is 31.2 Å². The van der Waals surface area contributed by atoms with E-state index in [0.29, 0.717) is 42.0 Å². The van der Waals surface area contributed by atoms with Crippen LogP contribution in [0.2, 0.25) is 0 Å². The third-order valence-electron chi connectivity index (χ3n) is 6.57. The van der Waals surface area contributed by atoms with Gasteiger partial charge in [0, 0.05) is 48.3 Å². The van der Waals surface area contributed by atoms with Gasteiger partial charge >= 0.3 is 0 Å². The summed E-state index contributed by atoms with van der Waals surface area (Å²) < 4.78 is 15.6. The number of fused-ring (bicyclic) bond motifs is 3. The molecule has 3 heterocycles. The zero-order valence-electron chi connectivity index (χ0n) is 18.9. The quantitative estimate of drug-likeness (QED) is 0.769. The molecule has 2 unspecified atom stereocenters. The minimum Gasteiger partial charge on any atom is -0.352 e. The number of carbonyl (C=O) groups excluding carboxylic acids is 2. The van der Waals surface area contributed by atoms with Crippen molar-refractivity contribution in [3.63, 3.8) is 0 Å². The lowest BCUT2D eigenvalue weighted by Crippen LogP contribution is -2.52. The van der Waals surface area contributed by atoms with Crippen molar-refractivity contribution in [2.75, 3.05) is 13.1 Å². The number of rotatable bonds is 5. The molecular weight excluding hydrogens is 395 g/mol. The van der Waals surface area contributed by atoms with Gasteiger partial charge in [-0.25, -0.2) is 4.39 Å². The summed E-state index contributed by atoms with van der Waals surface area (Å²) in [6, 6.07) is 5.34. The summed E-state index contributed by atoms with van der Waals surface area (Å²) in [4.78, 5) is 27.6. The summed E-state index contributed by atoms with van der Waals surface area (Å²) in [5, 5.41) is 6.77. The molecule has 2 aliphatic rings. The highest BCUT2D eigenvalue weighted by Crippen LogP contribution is 2.38. The molecule has 0 spiro atoms. The first kappa shape index (κ1) is 21.8. The van der Waals surface area contributed by atoms with Crippen LogP contribution in [0.5, 0.6) is 0 Å². The highest BCUT2D eigenvalue weighted by atomic mass is 19.1. The third kappa shape index (κ3) is 4.76. The molecule has 1 aromatic heterocycles. The monoisotopic (exact) mass is 428 g/mol. The zero-order chi connectivity index (χ0) is 22.3. The summed E-state index contributed by atoms with van der Waals surface area (Å²) in [5.74, 6) is -0.0165. The molecule has 4 rings (SSSR count). The second kappa shape index (κ2) is 8.26. The van der Waals surface area contributed by atoms with Crippen molar-refractivity contribution in [3.8, 4) is 0 Å². The predicted molar refractivity (Wildman–Crippen MR) is 119 cm³/mol. The number of piperidine rings is 1. The van der Waals surface area contributed by atoms with Gasteiger partial charge in [0.1, 0.15) is 5.82 Å². The number of amides is 2. The second-order valence-electron chi connectivity index (χ2n) is 10.2. The smallest absolute Gasteiger partial charge is 0.253 e. The summed E-state index contributed by atoms with van der Waals surface area (Å²) in [5.41, 5.74) is 1.13. The van der Waals surface area contributed by atoms with E-state index >= 15 is 0 Å². The Kier molecular flexibility index (Phi) is 5.81. The number of nitrogens with one attached hydrogen (secondary N) is 2. The number of hydrogen-bond acceptors (Lipinski definition) is 3. The molecule has 2 bridgehead atoms. The molecule has 31 heavy (non-hydrogen) atoms. The van der Waals surface area contributed by atoms with Gasteiger partial charge in [0.25, 0.3) is 5.91 Å². The number of aromatic nitrogens is 1. The molecular formula is C24H33FN4O2. The predicted octanol–water partition coefficient (Wildman–Crippen LogP) is 3.20. The standard InChI is InChI=1S/C24H33FN4O2/c1-24(2,3)27-22(30)14-29-17-6-7-18(29)10-15(9-17)12-26-23(31)20-13-28(4)21-8-5-16(25)11-19(20)21/h5,8,11,13,15,17-18H,6-7,9-10,12,14H2,1-4H3,(H,26,31)(H,27,30). The Morgan fingerprint density at radius 1 is 1.16 bits per heavy atom. The van der Waals surface area contributed by atoms with Crippen molar-refractivity contribution < 1.29 is 14.0 Å². The van der Waals surface area contributed by atoms with E-state index < -0.39 is 0 Å². The maximum absolute atomic E-state index is 13.7. The molecule has 0 aliphatic carbocycles. The Bertz CT molecular complexity index is 979. The Morgan fingerprint density at radius 2 is 1.84 bits per heavy atom. The number of benzene rings is 1. The van der Waals surface area contributed by atoms with Crippen LogP contribution in [-0.2, 0) is 11.8 Å². The number of hydrogen-bond donors (Lipinski definition) is 2. The summed E-state index contributed by atoms with van der Waals surface area (Å²) >= 11 is 0. The number of carbonyl (C=O) groups is 2. The molecule has 2 aromatic rings. The molecule has 2 N–H and O–H groups in total. The number of halogens is 1. The summed E-state index contributed by atoms with van der Waals surface area (Å²) in [7, 11) is 1.86. The third-order valence-corrected chi connectivity index (χ3v) is 6.57. The van der Waals surface area contributed by atoms with E-state index in [9.17, 15) is 14.0 Å². The molecule has 1 aromatic carbocycles. The molecule has 2 saturated heterocycles. The topological polar surface area (TPSA) is 66.4 Å². The van der Waals surface area contributed by atoms with Crippen molar-refractivity contribution in [2.45, 2.75) is 64.1 Å². The van der Waals surface area contributed by atoms with Gasteiger partial charge in [0.2, 0.25) is 5.91 Å². The minimum absolute atomic E-state index is 0.0827. The molecule has 2 fully saturated rings. The van der Waals surface area contributed by atoms with E-state index in [2.05, 4.69) is 15.5 Å². The number of nitrogens with zero attached hydrogens (tertiary/aromatic N) is 2. The van der Waals surface area contributed by atoms with E-state index in [1.54, 1.807) is 12.3 Å². The lowest BCUT2D eigenvalue weighted by molar-refractivity contribution is -0.125. The van der Waals surface area contributed by atoms with Crippen LogP contribution in [0.15, 0.2) is 24.4 Å². The van der Waals surface area contributed by atoms with Crippen LogP contribution in [-0.4, -0.2) is 52.0 Å². The molecule has 0 radical (unpaired) electrons. The van der Waals surface area contributed by atoms with Gasteiger partial charge in [0.05, 0.1) is 12.1 Å². The normalized spacial score (nSPS) is 23.8. The maximum Gasteiger partial charge on any atom is 0.253 e. The van der Waals surface area contributed by atoms with Gasteiger partial charge < -0.3 is 15.2 Å². The first-order chi connectivity index (χ1) is 14.6. The Labute approximate surface area is 183 Å². The van der Waals surface area contributed by atoms with Gasteiger partial charge in [-0.15, -0.1) is 0 Å². The highest BCUT2D eigenvalue weighted by molar-refractivity contribution is 6.07. The van der Waals surface area contributed by atoms with E-state index in [1.807, 2.05) is 32.4 Å². The highest BCUT2D eigenvalue weighted by Gasteiger charge is 2.41. The molecule has 2 amide bonds. The Hall–Kier alpha value is -2.41. The number of aryl methyl sites for hydroxylation is 1. The van der Waals surface area contributed by atoms with Crippen LogP contribution in [0.1, 0.15) is 56.8 Å². The first-order valence-electron chi connectivity index (χ1n) is 11.2. The summed E-state index contributed by atoms with van der Waals surface area (Å²) in [6.45, 7) is 7.06. The van der Waals surface area contributed by atoms with Crippen molar-refractivity contribution in [1.29, 1.82) is 0 Å². The van der Waals surface area contributed by atoms with E-state index in [-0.39, 0.29) is 23.2 Å². The van der Waals surface area contributed by atoms with Crippen LogP contribution < -0.4 is 10.6 Å². The molecule has 6 nitrogen and oxygen atoms in total. The van der Waals surface area contributed by atoms with E-state index in [4.69, 9.17) is 0 Å². The largest absolute Gasteiger partial charge is 0.352 e. The van der Waals surface area contributed by atoms with Crippen molar-refractivity contribution in [1.82, 2.24) is 20.1 Å². The van der Waals surface area contributed by atoms with E-state index in [1.165, 1.54) is 12.1 Å². The fourth-order valence-corrected chi connectivity index (χ4v) is 5.31. The first-order valence-corrected chi connectivity index (χ1v) is 11.2. The van der Waals surface area contributed by atoms with Gasteiger partial charge in [-0.3, -0.25) is 14.5 Å². The molecule has 0 saturated carbocycles. The Balaban J connectivity index is 1.35. The van der Waals surface area contributed by atoms with Crippen LogP contribution in [0.4, 0.5) is 4.39 Å². The summed E-state index contributed by atoms with van der Waals surface area (Å²) in [6.07, 6.45) is 5.97. The van der Waals surface area contributed by atoms with Gasteiger partial charge in [0.15, 0.2) is 0 Å². The van der Waals surface area contributed by atoms with Crippen LogP contribution >= 0.6 is 0 Å². The van der Waals surface area contributed by atoms with Crippen molar-refractivity contribution in [3.05, 3.63) is 35.8 Å². The van der Waals surface area contributed by atoms with Crippen molar-refractivity contribution in [2.24, 2.45) is 13.0 Å². The lowest BCUT2D eigenvalue weighted by Gasteiger charge is -2.39. The van der Waals surface area contributed by atoms with Gasteiger partial charge in [-0.2, -0.15) is 0 Å². The molecule has 2 atom stereocenters. The zero-order valence-corrected chi connectivity index (χ0v) is 18.9. The molecule has 168 valence electrons.